The Kier molecular flexibility index (Phi) is 7.35. The first kappa shape index (κ1) is 27.1. The van der Waals surface area contributed by atoms with Gasteiger partial charge in [0.1, 0.15) is 0 Å². The predicted octanol–water partition coefficient (Wildman–Crippen LogP) is 7.74. The highest BCUT2D eigenvalue weighted by atomic mass is 19.4. The smallest absolute Gasteiger partial charge is 0.372 e. The molecule has 3 aromatic carbocycles. The van der Waals surface area contributed by atoms with Gasteiger partial charge in [-0.2, -0.15) is 26.3 Å². The van der Waals surface area contributed by atoms with E-state index in [0.29, 0.717) is 18.6 Å². The van der Waals surface area contributed by atoms with Crippen molar-refractivity contribution in [2.45, 2.75) is 43.5 Å². The third-order valence-corrected chi connectivity index (χ3v) is 7.75. The molecule has 0 saturated carbocycles. The molecule has 2 atom stereocenters. The van der Waals surface area contributed by atoms with Crippen molar-refractivity contribution < 1.29 is 31.1 Å². The number of halogens is 6. The van der Waals surface area contributed by atoms with Crippen molar-refractivity contribution in [2.75, 3.05) is 31.1 Å². The molecule has 0 aliphatic carbocycles. The summed E-state index contributed by atoms with van der Waals surface area (Å²) in [4.78, 5) is 17.1. The van der Waals surface area contributed by atoms with Crippen LogP contribution in [0.5, 0.6) is 0 Å². The summed E-state index contributed by atoms with van der Waals surface area (Å²) >= 11 is 0. The maximum atomic E-state index is 13.4. The third-order valence-electron chi connectivity index (χ3n) is 7.75. The van der Waals surface area contributed by atoms with Crippen molar-refractivity contribution >= 4 is 11.6 Å². The number of nitrogens with zero attached hydrogens (tertiary/aromatic N) is 2. The van der Waals surface area contributed by atoms with Crippen LogP contribution in [0.1, 0.15) is 63.7 Å². The fraction of sp³-hybridized carbons (Fsp3) is 0.367. The summed E-state index contributed by atoms with van der Waals surface area (Å²) in [6.45, 7) is 2.45. The van der Waals surface area contributed by atoms with Gasteiger partial charge in [-0.15, -0.1) is 0 Å². The minimum Gasteiger partial charge on any atom is -0.372 e. The SMILES string of the molecule is O=C(c1cc(C(F)(F)F)cc(C(F)(F)F)c1)N1CC[C@@H](c2ccc(N3CCCC3)cc2)[C@@H](c2ccccc2)C1. The minimum atomic E-state index is -5.02. The molecule has 39 heavy (non-hydrogen) atoms. The van der Waals surface area contributed by atoms with Gasteiger partial charge in [-0.3, -0.25) is 4.79 Å². The molecule has 1 amide bonds. The lowest BCUT2D eigenvalue weighted by Crippen LogP contribution is -2.42. The molecule has 2 aliphatic rings. The number of amides is 1. The molecule has 206 valence electrons. The van der Waals surface area contributed by atoms with E-state index in [2.05, 4.69) is 29.2 Å². The lowest BCUT2D eigenvalue weighted by molar-refractivity contribution is -0.143. The Labute approximate surface area is 223 Å². The Morgan fingerprint density at radius 2 is 1.26 bits per heavy atom. The summed E-state index contributed by atoms with van der Waals surface area (Å²) < 4.78 is 80.4. The second-order valence-corrected chi connectivity index (χ2v) is 10.2. The molecular formula is C30H28F6N2O. The van der Waals surface area contributed by atoms with Gasteiger partial charge in [0.15, 0.2) is 0 Å². The average molecular weight is 547 g/mol. The van der Waals surface area contributed by atoms with Crippen molar-refractivity contribution in [3.8, 4) is 0 Å². The molecule has 2 saturated heterocycles. The number of carbonyl (C=O) groups excluding carboxylic acids is 1. The van der Waals surface area contributed by atoms with Crippen LogP contribution in [0, 0.1) is 0 Å². The summed E-state index contributed by atoms with van der Waals surface area (Å²) in [5, 5.41) is 0. The van der Waals surface area contributed by atoms with Crippen molar-refractivity contribution in [3.63, 3.8) is 0 Å². The van der Waals surface area contributed by atoms with E-state index in [4.69, 9.17) is 0 Å². The Morgan fingerprint density at radius 3 is 1.82 bits per heavy atom. The summed E-state index contributed by atoms with van der Waals surface area (Å²) in [5.41, 5.74) is -0.384. The molecule has 5 rings (SSSR count). The number of carbonyl (C=O) groups is 1. The fourth-order valence-corrected chi connectivity index (χ4v) is 5.74. The maximum Gasteiger partial charge on any atom is 0.416 e. The Bertz CT molecular complexity index is 1270. The number of anilines is 1. The van der Waals surface area contributed by atoms with E-state index in [1.54, 1.807) is 0 Å². The number of benzene rings is 3. The number of hydrogen-bond acceptors (Lipinski definition) is 2. The van der Waals surface area contributed by atoms with Gasteiger partial charge in [0, 0.05) is 43.3 Å². The summed E-state index contributed by atoms with van der Waals surface area (Å²) in [6.07, 6.45) is -7.17. The van der Waals surface area contributed by atoms with Gasteiger partial charge in [0.05, 0.1) is 11.1 Å². The third kappa shape index (κ3) is 5.92. The summed E-state index contributed by atoms with van der Waals surface area (Å²) in [7, 11) is 0. The molecule has 3 nitrogen and oxygen atoms in total. The number of alkyl halides is 6. The largest absolute Gasteiger partial charge is 0.416 e. The first-order valence-corrected chi connectivity index (χ1v) is 13.0. The van der Waals surface area contributed by atoms with Gasteiger partial charge >= 0.3 is 12.4 Å². The van der Waals surface area contributed by atoms with Gasteiger partial charge in [0.2, 0.25) is 0 Å². The highest BCUT2D eigenvalue weighted by Gasteiger charge is 2.39. The monoisotopic (exact) mass is 546 g/mol. The van der Waals surface area contributed by atoms with Crippen LogP contribution in [0.4, 0.5) is 32.0 Å². The zero-order chi connectivity index (χ0) is 27.8. The van der Waals surface area contributed by atoms with E-state index in [9.17, 15) is 31.1 Å². The number of rotatable bonds is 4. The lowest BCUT2D eigenvalue weighted by Gasteiger charge is -2.39. The molecule has 0 spiro atoms. The molecule has 0 radical (unpaired) electrons. The van der Waals surface area contributed by atoms with Crippen LogP contribution in [0.3, 0.4) is 0 Å². The van der Waals surface area contributed by atoms with Crippen LogP contribution in [0.25, 0.3) is 0 Å². The molecule has 9 heteroatoms. The van der Waals surface area contributed by atoms with Crippen LogP contribution >= 0.6 is 0 Å². The van der Waals surface area contributed by atoms with Gasteiger partial charge in [0.25, 0.3) is 5.91 Å². The van der Waals surface area contributed by atoms with E-state index < -0.39 is 35.0 Å². The molecule has 0 bridgehead atoms. The summed E-state index contributed by atoms with van der Waals surface area (Å²) in [6, 6.07) is 19.0. The zero-order valence-corrected chi connectivity index (χ0v) is 21.1. The zero-order valence-electron chi connectivity index (χ0n) is 21.1. The molecule has 0 N–H and O–H groups in total. The Hall–Kier alpha value is -3.49. The van der Waals surface area contributed by atoms with Crippen molar-refractivity contribution in [2.24, 2.45) is 0 Å². The molecule has 0 unspecified atom stereocenters. The van der Waals surface area contributed by atoms with Crippen molar-refractivity contribution in [3.05, 3.63) is 101 Å². The second kappa shape index (κ2) is 10.6. The van der Waals surface area contributed by atoms with Gasteiger partial charge in [-0.1, -0.05) is 42.5 Å². The maximum absolute atomic E-state index is 13.4. The van der Waals surface area contributed by atoms with Crippen LogP contribution in [-0.2, 0) is 12.4 Å². The normalized spacial score (nSPS) is 20.4. The van der Waals surface area contributed by atoms with E-state index in [1.165, 1.54) is 17.7 Å². The first-order chi connectivity index (χ1) is 18.5. The highest BCUT2D eigenvalue weighted by Crippen LogP contribution is 2.42. The van der Waals surface area contributed by atoms with Gasteiger partial charge in [-0.05, 0) is 66.6 Å². The molecule has 2 fully saturated rings. The molecule has 2 heterocycles. The molecule has 2 aliphatic heterocycles. The van der Waals surface area contributed by atoms with E-state index in [1.807, 2.05) is 30.3 Å². The number of hydrogen-bond donors (Lipinski definition) is 0. The van der Waals surface area contributed by atoms with Crippen LogP contribution in [0.15, 0.2) is 72.8 Å². The minimum absolute atomic E-state index is 0.0383. The van der Waals surface area contributed by atoms with Crippen LogP contribution < -0.4 is 4.90 Å². The quantitative estimate of drug-likeness (QED) is 0.313. The second-order valence-electron chi connectivity index (χ2n) is 10.2. The first-order valence-electron chi connectivity index (χ1n) is 13.0. The van der Waals surface area contributed by atoms with E-state index in [0.717, 1.165) is 29.9 Å². The highest BCUT2D eigenvalue weighted by molar-refractivity contribution is 5.95. The van der Waals surface area contributed by atoms with Gasteiger partial charge in [-0.25, -0.2) is 0 Å². The van der Waals surface area contributed by atoms with E-state index in [-0.39, 0.29) is 31.0 Å². The van der Waals surface area contributed by atoms with Crippen molar-refractivity contribution in [1.82, 2.24) is 4.90 Å². The lowest BCUT2D eigenvalue weighted by atomic mass is 9.76. The average Bonchev–Trinajstić information content (AvgIpc) is 3.47. The summed E-state index contributed by atoms with van der Waals surface area (Å²) in [5.74, 6) is -0.971. The Balaban J connectivity index is 1.44. The standard InChI is InChI=1S/C30H28F6N2O/c31-29(32,33)23-16-22(17-24(18-23)30(34,35)36)28(39)38-15-12-26(27(19-38)20-6-2-1-3-7-20)21-8-10-25(11-9-21)37-13-4-5-14-37/h1-3,6-11,16-18,26-27H,4-5,12-15,19H2/t26-,27+/m0/s1. The van der Waals surface area contributed by atoms with Gasteiger partial charge < -0.3 is 9.80 Å². The number of piperidine rings is 1. The van der Waals surface area contributed by atoms with Crippen LogP contribution in [-0.4, -0.2) is 37.0 Å². The Morgan fingerprint density at radius 1 is 0.692 bits per heavy atom. The van der Waals surface area contributed by atoms with Crippen molar-refractivity contribution in [1.29, 1.82) is 0 Å². The molecular weight excluding hydrogens is 518 g/mol. The number of likely N-dealkylation sites (tertiary alicyclic amines) is 1. The predicted molar refractivity (Wildman–Crippen MR) is 137 cm³/mol. The van der Waals surface area contributed by atoms with Crippen LogP contribution in [0.2, 0.25) is 0 Å². The molecule has 0 aromatic heterocycles. The topological polar surface area (TPSA) is 23.6 Å². The van der Waals surface area contributed by atoms with E-state index >= 15 is 0 Å². The molecule has 3 aromatic rings. The fourth-order valence-electron chi connectivity index (χ4n) is 5.74.